The first kappa shape index (κ1) is 26.4. The summed E-state index contributed by atoms with van der Waals surface area (Å²) in [6.07, 6.45) is 9.05. The van der Waals surface area contributed by atoms with Gasteiger partial charge in [0.1, 0.15) is 16.4 Å². The summed E-state index contributed by atoms with van der Waals surface area (Å²) in [4.78, 5) is 25.4. The number of amides is 1. The van der Waals surface area contributed by atoms with Crippen LogP contribution in [0.1, 0.15) is 48.3 Å². The van der Waals surface area contributed by atoms with Crippen LogP contribution in [-0.2, 0) is 22.5 Å². The third kappa shape index (κ3) is 6.38. The lowest BCUT2D eigenvalue weighted by Gasteiger charge is -2.21. The molecule has 3 aromatic rings. The van der Waals surface area contributed by atoms with Gasteiger partial charge in [-0.25, -0.2) is 4.79 Å². The fourth-order valence-corrected chi connectivity index (χ4v) is 6.29. The Bertz CT molecular complexity index is 1220. The van der Waals surface area contributed by atoms with Crippen LogP contribution in [0.2, 0.25) is 5.02 Å². The molecule has 0 unspecified atom stereocenters. The summed E-state index contributed by atoms with van der Waals surface area (Å²) < 4.78 is 7.04. The number of ether oxygens (including phenoxy) is 1. The molecule has 0 atom stereocenters. The molecule has 0 aliphatic heterocycles. The highest BCUT2D eigenvalue weighted by Crippen LogP contribution is 2.37. The second-order valence-electron chi connectivity index (χ2n) is 8.70. The number of halogens is 1. The number of anilines is 1. The van der Waals surface area contributed by atoms with Gasteiger partial charge in [0.05, 0.1) is 12.9 Å². The van der Waals surface area contributed by atoms with Crippen molar-refractivity contribution >= 4 is 51.6 Å². The smallest absolute Gasteiger partial charge is 0.341 e. The number of methoxy groups -OCH3 is 1. The summed E-state index contributed by atoms with van der Waals surface area (Å²) in [5.41, 5.74) is 1.83. The molecule has 1 N–H and O–H groups in total. The van der Waals surface area contributed by atoms with Crippen molar-refractivity contribution in [1.82, 2.24) is 14.8 Å². The first-order chi connectivity index (χ1) is 17.5. The molecule has 0 radical (unpaired) electrons. The van der Waals surface area contributed by atoms with Crippen molar-refractivity contribution in [2.24, 2.45) is 5.92 Å². The van der Waals surface area contributed by atoms with Crippen LogP contribution >= 0.6 is 34.7 Å². The Morgan fingerprint density at radius 3 is 2.69 bits per heavy atom. The second kappa shape index (κ2) is 12.6. The van der Waals surface area contributed by atoms with E-state index in [4.69, 9.17) is 16.3 Å². The minimum atomic E-state index is -0.512. The molecule has 7 nitrogen and oxygen atoms in total. The van der Waals surface area contributed by atoms with Crippen molar-refractivity contribution in [3.63, 3.8) is 0 Å². The highest BCUT2D eigenvalue weighted by Gasteiger charge is 2.23. The zero-order chi connectivity index (χ0) is 25.5. The van der Waals surface area contributed by atoms with E-state index in [2.05, 4.69) is 22.1 Å². The van der Waals surface area contributed by atoms with Gasteiger partial charge in [0.2, 0.25) is 5.91 Å². The molecule has 190 valence electrons. The number of allylic oxidation sites excluding steroid dienone is 1. The number of carbonyl (C=O) groups excluding carboxylic acids is 2. The van der Waals surface area contributed by atoms with E-state index >= 15 is 0 Å². The number of nitrogens with one attached hydrogen (secondary N) is 1. The Morgan fingerprint density at radius 2 is 2.00 bits per heavy atom. The minimum absolute atomic E-state index is 0.132. The van der Waals surface area contributed by atoms with Crippen LogP contribution in [-0.4, -0.2) is 39.5 Å². The van der Waals surface area contributed by atoms with E-state index in [1.165, 1.54) is 62.3 Å². The zero-order valence-corrected chi connectivity index (χ0v) is 22.6. The number of benzene rings is 1. The molecule has 1 fully saturated rings. The van der Waals surface area contributed by atoms with E-state index in [9.17, 15) is 9.59 Å². The molecule has 1 aliphatic carbocycles. The van der Waals surface area contributed by atoms with Crippen molar-refractivity contribution in [2.45, 2.75) is 50.2 Å². The van der Waals surface area contributed by atoms with E-state index in [-0.39, 0.29) is 11.7 Å². The first-order valence-electron chi connectivity index (χ1n) is 11.9. The predicted molar refractivity (Wildman–Crippen MR) is 146 cm³/mol. The Hall–Kier alpha value is -2.62. The summed E-state index contributed by atoms with van der Waals surface area (Å²) in [6.45, 7) is 4.47. The van der Waals surface area contributed by atoms with Gasteiger partial charge in [-0.3, -0.25) is 4.79 Å². The Labute approximate surface area is 224 Å². The quantitative estimate of drug-likeness (QED) is 0.178. The molecule has 1 saturated carbocycles. The van der Waals surface area contributed by atoms with Crippen LogP contribution in [0.4, 0.5) is 5.00 Å². The van der Waals surface area contributed by atoms with Gasteiger partial charge in [-0.1, -0.05) is 73.7 Å². The minimum Gasteiger partial charge on any atom is -0.465 e. The van der Waals surface area contributed by atoms with Crippen LogP contribution in [0.15, 0.2) is 47.5 Å². The summed E-state index contributed by atoms with van der Waals surface area (Å²) in [5, 5.41) is 15.2. The van der Waals surface area contributed by atoms with Gasteiger partial charge < -0.3 is 14.6 Å². The molecule has 1 aliphatic rings. The van der Waals surface area contributed by atoms with Crippen LogP contribution in [0.3, 0.4) is 0 Å². The highest BCUT2D eigenvalue weighted by atomic mass is 35.5. The normalized spacial score (nSPS) is 13.9. The molecule has 0 saturated heterocycles. The Balaban J connectivity index is 1.45. The molecular formula is C26H29ClN4O3S2. The van der Waals surface area contributed by atoms with Crippen molar-refractivity contribution < 1.29 is 14.3 Å². The summed E-state index contributed by atoms with van der Waals surface area (Å²) in [6, 6.07) is 7.17. The summed E-state index contributed by atoms with van der Waals surface area (Å²) >= 11 is 8.61. The number of hydrogen-bond donors (Lipinski definition) is 1. The maximum absolute atomic E-state index is 12.9. The molecule has 4 rings (SSSR count). The number of rotatable bonds is 10. The van der Waals surface area contributed by atoms with Crippen molar-refractivity contribution in [2.75, 3.05) is 18.2 Å². The maximum Gasteiger partial charge on any atom is 0.341 e. The molecule has 0 bridgehead atoms. The van der Waals surface area contributed by atoms with Crippen LogP contribution in [0, 0.1) is 5.92 Å². The SMILES string of the molecule is C=CCn1c(CC2CCCCC2)nnc1SCC(=O)Nc1scc(-c2ccc(Cl)cc2)c1C(=O)OC. The number of nitrogens with zero attached hydrogens (tertiary/aromatic N) is 3. The largest absolute Gasteiger partial charge is 0.465 e. The fraction of sp³-hybridized carbons (Fsp3) is 0.385. The third-order valence-corrected chi connectivity index (χ3v) is 8.34. The molecule has 2 aromatic heterocycles. The molecular weight excluding hydrogens is 516 g/mol. The van der Waals surface area contributed by atoms with Crippen molar-refractivity contribution in [3.05, 3.63) is 58.7 Å². The van der Waals surface area contributed by atoms with Crippen LogP contribution in [0.5, 0.6) is 0 Å². The van der Waals surface area contributed by atoms with Gasteiger partial charge in [0, 0.05) is 28.9 Å². The zero-order valence-electron chi connectivity index (χ0n) is 20.2. The lowest BCUT2D eigenvalue weighted by Crippen LogP contribution is -2.17. The first-order valence-corrected chi connectivity index (χ1v) is 14.2. The standard InChI is InChI=1S/C26H29ClN4O3S2/c1-3-13-31-21(14-17-7-5-4-6-8-17)29-30-26(31)36-16-22(32)28-24-23(25(33)34-2)20(15-35-24)18-9-11-19(27)12-10-18/h3,9-12,15,17H,1,4-8,13-14,16H2,2H3,(H,28,32). The van der Waals surface area contributed by atoms with E-state index in [0.29, 0.717) is 38.8 Å². The van der Waals surface area contributed by atoms with Crippen LogP contribution in [0.25, 0.3) is 11.1 Å². The second-order valence-corrected chi connectivity index (χ2v) is 11.0. The molecule has 0 spiro atoms. The molecule has 1 aromatic carbocycles. The average Bonchev–Trinajstić information content (AvgIpc) is 3.47. The van der Waals surface area contributed by atoms with Crippen molar-refractivity contribution in [3.8, 4) is 11.1 Å². The molecule has 36 heavy (non-hydrogen) atoms. The molecule has 10 heteroatoms. The van der Waals surface area contributed by atoms with Gasteiger partial charge in [-0.05, 0) is 23.6 Å². The Kier molecular flexibility index (Phi) is 9.23. The van der Waals surface area contributed by atoms with Gasteiger partial charge in [-0.15, -0.1) is 28.1 Å². The topological polar surface area (TPSA) is 86.1 Å². The van der Waals surface area contributed by atoms with E-state index in [1.807, 2.05) is 28.2 Å². The number of hydrogen-bond acceptors (Lipinski definition) is 7. The molecule has 2 heterocycles. The van der Waals surface area contributed by atoms with Crippen molar-refractivity contribution in [1.29, 1.82) is 0 Å². The lowest BCUT2D eigenvalue weighted by molar-refractivity contribution is -0.113. The third-order valence-electron chi connectivity index (χ3n) is 6.22. The number of aromatic nitrogens is 3. The number of carbonyl (C=O) groups is 2. The lowest BCUT2D eigenvalue weighted by atomic mass is 9.87. The van der Waals surface area contributed by atoms with Gasteiger partial charge in [0.15, 0.2) is 5.16 Å². The molecule has 1 amide bonds. The van der Waals surface area contributed by atoms with Gasteiger partial charge in [-0.2, -0.15) is 0 Å². The average molecular weight is 545 g/mol. The highest BCUT2D eigenvalue weighted by molar-refractivity contribution is 7.99. The summed E-state index contributed by atoms with van der Waals surface area (Å²) in [5.74, 6) is 0.966. The van der Waals surface area contributed by atoms with Gasteiger partial charge >= 0.3 is 5.97 Å². The fourth-order valence-electron chi connectivity index (χ4n) is 4.43. The maximum atomic E-state index is 12.9. The van der Waals surface area contributed by atoms with E-state index < -0.39 is 5.97 Å². The van der Waals surface area contributed by atoms with Crippen LogP contribution < -0.4 is 5.32 Å². The number of esters is 1. The number of thiophene rings is 1. The number of thioether (sulfide) groups is 1. The van der Waals surface area contributed by atoms with E-state index in [0.717, 1.165) is 17.8 Å². The van der Waals surface area contributed by atoms with Gasteiger partial charge in [0.25, 0.3) is 0 Å². The summed E-state index contributed by atoms with van der Waals surface area (Å²) in [7, 11) is 1.32. The van der Waals surface area contributed by atoms with E-state index in [1.54, 1.807) is 12.1 Å². The monoisotopic (exact) mass is 544 g/mol. The Morgan fingerprint density at radius 1 is 1.25 bits per heavy atom. The predicted octanol–water partition coefficient (Wildman–Crippen LogP) is 6.49.